The summed E-state index contributed by atoms with van der Waals surface area (Å²) in [5, 5.41) is 10.5. The summed E-state index contributed by atoms with van der Waals surface area (Å²) in [4.78, 5) is 11.3. The fourth-order valence-electron chi connectivity index (χ4n) is 4.88. The molecule has 0 heterocycles. The molecule has 4 aliphatic rings. The fourth-order valence-corrected chi connectivity index (χ4v) is 4.88. The number of carbonyl (C=O) groups excluding carboxylic acids is 1. The van der Waals surface area contributed by atoms with Crippen LogP contribution < -0.4 is 0 Å². The van der Waals surface area contributed by atoms with Gasteiger partial charge in [-0.2, -0.15) is 0 Å². The average molecular weight is 222 g/mol. The van der Waals surface area contributed by atoms with E-state index in [4.69, 9.17) is 0 Å². The summed E-state index contributed by atoms with van der Waals surface area (Å²) in [6.45, 7) is 3.77. The van der Waals surface area contributed by atoms with Crippen molar-refractivity contribution < 1.29 is 9.90 Å². The van der Waals surface area contributed by atoms with Crippen LogP contribution >= 0.6 is 0 Å². The van der Waals surface area contributed by atoms with Crippen LogP contribution in [-0.2, 0) is 4.79 Å². The molecule has 0 aromatic carbocycles. The molecule has 0 aliphatic heterocycles. The summed E-state index contributed by atoms with van der Waals surface area (Å²) >= 11 is 0. The Morgan fingerprint density at radius 2 is 1.62 bits per heavy atom. The minimum Gasteiger partial charge on any atom is -0.390 e. The second-order valence-corrected chi connectivity index (χ2v) is 6.65. The van der Waals surface area contributed by atoms with Gasteiger partial charge in [-0.25, -0.2) is 0 Å². The predicted octanol–water partition coefficient (Wildman–Crippen LogP) is 2.40. The van der Waals surface area contributed by atoms with Crippen LogP contribution in [0.4, 0.5) is 0 Å². The van der Waals surface area contributed by atoms with Crippen LogP contribution in [0.5, 0.6) is 0 Å². The Hall–Kier alpha value is -0.370. The highest BCUT2D eigenvalue weighted by Gasteiger charge is 2.57. The molecule has 1 N–H and O–H groups in total. The third kappa shape index (κ3) is 1.38. The van der Waals surface area contributed by atoms with Gasteiger partial charge in [0.1, 0.15) is 5.78 Å². The van der Waals surface area contributed by atoms with Gasteiger partial charge in [-0.15, -0.1) is 0 Å². The second kappa shape index (κ2) is 3.32. The van der Waals surface area contributed by atoms with Gasteiger partial charge in [0.25, 0.3) is 0 Å². The zero-order valence-electron chi connectivity index (χ0n) is 10.3. The van der Waals surface area contributed by atoms with Gasteiger partial charge in [0, 0.05) is 6.42 Å². The molecule has 0 radical (unpaired) electrons. The highest BCUT2D eigenvalue weighted by molar-refractivity contribution is 5.75. The number of rotatable bonds is 2. The third-order valence-electron chi connectivity index (χ3n) is 5.74. The summed E-state index contributed by atoms with van der Waals surface area (Å²) in [5.41, 5.74) is -0.409. The summed E-state index contributed by atoms with van der Waals surface area (Å²) in [6.07, 6.45) is 5.45. The second-order valence-electron chi connectivity index (χ2n) is 6.65. The van der Waals surface area contributed by atoms with E-state index in [1.54, 1.807) is 6.92 Å². The van der Waals surface area contributed by atoms with Gasteiger partial charge in [0.05, 0.1) is 5.60 Å². The zero-order chi connectivity index (χ0) is 11.5. The van der Waals surface area contributed by atoms with Gasteiger partial charge < -0.3 is 9.90 Å². The molecule has 4 saturated carbocycles. The van der Waals surface area contributed by atoms with Crippen LogP contribution in [0.25, 0.3) is 0 Å². The normalized spacial score (nSPS) is 54.3. The maximum Gasteiger partial charge on any atom is 0.130 e. The lowest BCUT2D eigenvalue weighted by molar-refractivity contribution is -0.183. The molecule has 0 aromatic heterocycles. The van der Waals surface area contributed by atoms with Crippen molar-refractivity contribution in [1.29, 1.82) is 0 Å². The van der Waals surface area contributed by atoms with Crippen molar-refractivity contribution in [3.05, 3.63) is 0 Å². The smallest absolute Gasteiger partial charge is 0.130 e. The number of ketones is 1. The van der Waals surface area contributed by atoms with Crippen LogP contribution in [0.15, 0.2) is 0 Å². The van der Waals surface area contributed by atoms with Crippen LogP contribution in [0, 0.1) is 29.6 Å². The number of hydrogen-bond acceptors (Lipinski definition) is 2. The zero-order valence-corrected chi connectivity index (χ0v) is 10.3. The molecule has 2 heteroatoms. The molecule has 4 aliphatic carbocycles. The number of Topliss-reactive ketones (excluding diaryl/α,β-unsaturated/α-hetero) is 1. The fraction of sp³-hybridized carbons (Fsp3) is 0.929. The quantitative estimate of drug-likeness (QED) is 0.779. The van der Waals surface area contributed by atoms with Gasteiger partial charge in [0.2, 0.25) is 0 Å². The molecule has 0 spiro atoms. The first kappa shape index (κ1) is 10.8. The number of aliphatic hydroxyl groups is 1. The molecular formula is C14H22O2. The van der Waals surface area contributed by atoms with Gasteiger partial charge in [-0.05, 0) is 69.1 Å². The summed E-state index contributed by atoms with van der Waals surface area (Å²) in [5.74, 6) is 3.47. The largest absolute Gasteiger partial charge is 0.390 e. The van der Waals surface area contributed by atoms with E-state index in [0.29, 0.717) is 23.5 Å². The van der Waals surface area contributed by atoms with Crippen molar-refractivity contribution in [3.63, 3.8) is 0 Å². The molecular weight excluding hydrogens is 200 g/mol. The Labute approximate surface area is 97.4 Å². The predicted molar refractivity (Wildman–Crippen MR) is 61.8 cm³/mol. The molecule has 4 rings (SSSR count). The monoisotopic (exact) mass is 222 g/mol. The van der Waals surface area contributed by atoms with Crippen molar-refractivity contribution in [1.82, 2.24) is 0 Å². The lowest BCUT2D eigenvalue weighted by atomic mass is 9.46. The molecule has 4 fully saturated rings. The first-order valence-corrected chi connectivity index (χ1v) is 6.70. The van der Waals surface area contributed by atoms with E-state index in [-0.39, 0.29) is 0 Å². The van der Waals surface area contributed by atoms with E-state index in [1.807, 2.05) is 6.92 Å². The number of hydrogen-bond donors (Lipinski definition) is 1. The standard InChI is InChI=1S/C14H22O2/c1-8(15)3-13-9-4-11-6-10(13)7-12(5-9)14(11,2)16/h9-13,16H,3-7H2,1-2H3. The van der Waals surface area contributed by atoms with Crippen LogP contribution in [-0.4, -0.2) is 16.5 Å². The van der Waals surface area contributed by atoms with Gasteiger partial charge in [-0.1, -0.05) is 0 Å². The Bertz CT molecular complexity index is 287. The van der Waals surface area contributed by atoms with Crippen molar-refractivity contribution in [3.8, 4) is 0 Å². The van der Waals surface area contributed by atoms with E-state index in [1.165, 1.54) is 0 Å². The summed E-state index contributed by atoms with van der Waals surface area (Å²) < 4.78 is 0. The Morgan fingerprint density at radius 1 is 1.19 bits per heavy atom. The maximum atomic E-state index is 11.3. The molecule has 0 aromatic rings. The molecule has 4 bridgehead atoms. The van der Waals surface area contributed by atoms with E-state index in [2.05, 4.69) is 0 Å². The van der Waals surface area contributed by atoms with Crippen molar-refractivity contribution in [2.45, 2.75) is 51.6 Å². The minimum atomic E-state index is -0.409. The van der Waals surface area contributed by atoms with Crippen molar-refractivity contribution in [2.75, 3.05) is 0 Å². The van der Waals surface area contributed by atoms with Crippen LogP contribution in [0.2, 0.25) is 0 Å². The lowest BCUT2D eigenvalue weighted by Gasteiger charge is -2.61. The molecule has 16 heavy (non-hydrogen) atoms. The van der Waals surface area contributed by atoms with E-state index in [0.717, 1.165) is 43.9 Å². The maximum absolute atomic E-state index is 11.3. The average Bonchev–Trinajstić information content (AvgIpc) is 2.13. The molecule has 0 saturated heterocycles. The third-order valence-corrected chi connectivity index (χ3v) is 5.74. The van der Waals surface area contributed by atoms with Crippen molar-refractivity contribution >= 4 is 5.78 Å². The van der Waals surface area contributed by atoms with Crippen LogP contribution in [0.1, 0.15) is 46.0 Å². The van der Waals surface area contributed by atoms with E-state index in [9.17, 15) is 9.90 Å². The first-order valence-electron chi connectivity index (χ1n) is 6.70. The number of carbonyl (C=O) groups is 1. The van der Waals surface area contributed by atoms with Crippen LogP contribution in [0.3, 0.4) is 0 Å². The topological polar surface area (TPSA) is 37.3 Å². The minimum absolute atomic E-state index is 0.351. The van der Waals surface area contributed by atoms with E-state index < -0.39 is 5.60 Å². The molecule has 0 unspecified atom stereocenters. The Morgan fingerprint density at radius 3 is 2.00 bits per heavy atom. The van der Waals surface area contributed by atoms with Gasteiger partial charge in [0.15, 0.2) is 0 Å². The van der Waals surface area contributed by atoms with Gasteiger partial charge in [-0.3, -0.25) is 0 Å². The summed E-state index contributed by atoms with van der Waals surface area (Å²) in [6, 6.07) is 0. The lowest BCUT2D eigenvalue weighted by Crippen LogP contribution is -2.58. The Kier molecular flexibility index (Phi) is 2.23. The highest BCUT2D eigenvalue weighted by Crippen LogP contribution is 2.61. The van der Waals surface area contributed by atoms with E-state index >= 15 is 0 Å². The SMILES string of the molecule is CC(=O)CC1C2CC3CC1CC(C2)C3(C)O. The molecule has 90 valence electrons. The molecule has 0 atom stereocenters. The van der Waals surface area contributed by atoms with Gasteiger partial charge >= 0.3 is 0 Å². The summed E-state index contributed by atoms with van der Waals surface area (Å²) in [7, 11) is 0. The first-order chi connectivity index (χ1) is 7.48. The molecule has 2 nitrogen and oxygen atoms in total. The van der Waals surface area contributed by atoms with Crippen molar-refractivity contribution in [2.24, 2.45) is 29.6 Å². The Balaban J connectivity index is 1.81. The molecule has 0 amide bonds. The highest BCUT2D eigenvalue weighted by atomic mass is 16.3.